The average molecular weight is 276 g/mol. The molecule has 2 aliphatic rings. The number of ether oxygens (including phenoxy) is 1. The first kappa shape index (κ1) is 13.7. The molecular formula is C17H21FO2. The van der Waals surface area contributed by atoms with E-state index in [4.69, 9.17) is 4.74 Å². The van der Waals surface area contributed by atoms with E-state index in [2.05, 4.69) is 0 Å². The van der Waals surface area contributed by atoms with Crippen LogP contribution in [0.1, 0.15) is 54.4 Å². The lowest BCUT2D eigenvalue weighted by Gasteiger charge is -2.37. The highest BCUT2D eigenvalue weighted by atomic mass is 19.1. The second-order valence-electron chi connectivity index (χ2n) is 6.23. The number of carbonyl (C=O) groups is 1. The number of rotatable bonds is 2. The van der Waals surface area contributed by atoms with E-state index in [-0.39, 0.29) is 28.7 Å². The highest BCUT2D eigenvalue weighted by Crippen LogP contribution is 2.42. The van der Waals surface area contributed by atoms with Crippen molar-refractivity contribution in [2.75, 3.05) is 6.61 Å². The van der Waals surface area contributed by atoms with E-state index < -0.39 is 0 Å². The second-order valence-corrected chi connectivity index (χ2v) is 6.23. The number of hydrogen-bond donors (Lipinski definition) is 0. The SMILES string of the molecule is Cc1cccc(C(=O)C2CCOC3(CCCC3)C2)c1F. The molecule has 1 atom stereocenters. The van der Waals surface area contributed by atoms with E-state index in [1.54, 1.807) is 25.1 Å². The lowest BCUT2D eigenvalue weighted by Crippen LogP contribution is -2.40. The van der Waals surface area contributed by atoms with Crippen LogP contribution >= 0.6 is 0 Å². The summed E-state index contributed by atoms with van der Waals surface area (Å²) in [5.41, 5.74) is 0.697. The van der Waals surface area contributed by atoms with Crippen LogP contribution < -0.4 is 0 Å². The summed E-state index contributed by atoms with van der Waals surface area (Å²) >= 11 is 0. The Kier molecular flexibility index (Phi) is 3.63. The van der Waals surface area contributed by atoms with Crippen LogP contribution in [-0.4, -0.2) is 18.0 Å². The van der Waals surface area contributed by atoms with Crippen LogP contribution in [-0.2, 0) is 4.74 Å². The van der Waals surface area contributed by atoms with Crippen molar-refractivity contribution >= 4 is 5.78 Å². The minimum atomic E-state index is -0.357. The normalized spacial score (nSPS) is 25.0. The van der Waals surface area contributed by atoms with Gasteiger partial charge in [-0.25, -0.2) is 4.39 Å². The third-order valence-electron chi connectivity index (χ3n) is 4.84. The van der Waals surface area contributed by atoms with Crippen molar-refractivity contribution in [2.24, 2.45) is 5.92 Å². The molecule has 2 nitrogen and oxygen atoms in total. The van der Waals surface area contributed by atoms with Crippen molar-refractivity contribution < 1.29 is 13.9 Å². The zero-order valence-electron chi connectivity index (χ0n) is 12.0. The lowest BCUT2D eigenvalue weighted by molar-refractivity contribution is -0.0866. The molecule has 1 saturated heterocycles. The topological polar surface area (TPSA) is 26.3 Å². The Morgan fingerprint density at radius 2 is 2.10 bits per heavy atom. The largest absolute Gasteiger partial charge is 0.375 e. The third kappa shape index (κ3) is 2.39. The van der Waals surface area contributed by atoms with E-state index in [1.165, 1.54) is 12.8 Å². The minimum Gasteiger partial charge on any atom is -0.375 e. The maximum Gasteiger partial charge on any atom is 0.169 e. The van der Waals surface area contributed by atoms with Gasteiger partial charge in [-0.3, -0.25) is 4.79 Å². The molecule has 1 saturated carbocycles. The van der Waals surface area contributed by atoms with Crippen LogP contribution in [0.25, 0.3) is 0 Å². The van der Waals surface area contributed by atoms with Crippen molar-refractivity contribution in [1.29, 1.82) is 0 Å². The van der Waals surface area contributed by atoms with E-state index in [1.807, 2.05) is 0 Å². The molecule has 0 amide bonds. The summed E-state index contributed by atoms with van der Waals surface area (Å²) in [7, 11) is 0. The Hall–Kier alpha value is -1.22. The van der Waals surface area contributed by atoms with Gasteiger partial charge in [-0.1, -0.05) is 25.0 Å². The number of ketones is 1. The van der Waals surface area contributed by atoms with Gasteiger partial charge in [-0.05, 0) is 44.2 Å². The van der Waals surface area contributed by atoms with Crippen LogP contribution in [0.3, 0.4) is 0 Å². The number of carbonyl (C=O) groups excluding carboxylic acids is 1. The van der Waals surface area contributed by atoms with Crippen LogP contribution in [0.4, 0.5) is 4.39 Å². The van der Waals surface area contributed by atoms with Gasteiger partial charge >= 0.3 is 0 Å². The molecule has 1 aromatic rings. The van der Waals surface area contributed by atoms with Crippen molar-refractivity contribution in [3.05, 3.63) is 35.1 Å². The monoisotopic (exact) mass is 276 g/mol. The first-order valence-electron chi connectivity index (χ1n) is 7.55. The molecule has 1 aliphatic carbocycles. The van der Waals surface area contributed by atoms with Crippen LogP contribution in [0, 0.1) is 18.7 Å². The summed E-state index contributed by atoms with van der Waals surface area (Å²) in [6, 6.07) is 5.08. The number of Topliss-reactive ketones (excluding diaryl/α,β-unsaturated/α-hetero) is 1. The molecule has 2 fully saturated rings. The Bertz CT molecular complexity index is 518. The average Bonchev–Trinajstić information content (AvgIpc) is 2.89. The fourth-order valence-electron chi connectivity index (χ4n) is 3.68. The summed E-state index contributed by atoms with van der Waals surface area (Å²) < 4.78 is 20.1. The highest BCUT2D eigenvalue weighted by molar-refractivity contribution is 5.98. The smallest absolute Gasteiger partial charge is 0.169 e. The number of aryl methyl sites for hydroxylation is 1. The summed E-state index contributed by atoms with van der Waals surface area (Å²) in [5.74, 6) is -0.483. The molecule has 108 valence electrons. The number of benzene rings is 1. The van der Waals surface area contributed by atoms with E-state index in [9.17, 15) is 9.18 Å². The van der Waals surface area contributed by atoms with Crippen molar-refractivity contribution in [1.82, 2.24) is 0 Å². The molecule has 0 radical (unpaired) electrons. The molecule has 3 rings (SSSR count). The van der Waals surface area contributed by atoms with E-state index >= 15 is 0 Å². The molecule has 0 bridgehead atoms. The van der Waals surface area contributed by atoms with Crippen molar-refractivity contribution in [3.8, 4) is 0 Å². The number of hydrogen-bond acceptors (Lipinski definition) is 2. The Labute approximate surface area is 119 Å². The van der Waals surface area contributed by atoms with Gasteiger partial charge in [0.2, 0.25) is 0 Å². The highest BCUT2D eigenvalue weighted by Gasteiger charge is 2.42. The molecule has 1 aliphatic heterocycles. The maximum atomic E-state index is 14.1. The van der Waals surface area contributed by atoms with Gasteiger partial charge in [0.25, 0.3) is 0 Å². The predicted octanol–water partition coefficient (Wildman–Crippen LogP) is 4.06. The van der Waals surface area contributed by atoms with Gasteiger partial charge in [0.05, 0.1) is 11.2 Å². The van der Waals surface area contributed by atoms with Gasteiger partial charge in [-0.2, -0.15) is 0 Å². The standard InChI is InChI=1S/C17H21FO2/c1-12-5-4-6-14(15(12)18)16(19)13-7-10-20-17(11-13)8-2-3-9-17/h4-6,13H,2-3,7-11H2,1H3. The molecule has 1 spiro atoms. The Morgan fingerprint density at radius 1 is 1.35 bits per heavy atom. The van der Waals surface area contributed by atoms with Gasteiger partial charge in [0, 0.05) is 12.5 Å². The molecule has 20 heavy (non-hydrogen) atoms. The Balaban J connectivity index is 1.81. The molecule has 1 unspecified atom stereocenters. The van der Waals surface area contributed by atoms with Crippen molar-refractivity contribution in [2.45, 2.75) is 51.0 Å². The fourth-order valence-corrected chi connectivity index (χ4v) is 3.68. The van der Waals surface area contributed by atoms with Gasteiger partial charge in [-0.15, -0.1) is 0 Å². The quantitative estimate of drug-likeness (QED) is 0.761. The maximum absolute atomic E-state index is 14.1. The first-order chi connectivity index (χ1) is 9.61. The molecule has 1 aromatic carbocycles. The molecule has 3 heteroatoms. The van der Waals surface area contributed by atoms with Crippen LogP contribution in [0.15, 0.2) is 18.2 Å². The Morgan fingerprint density at radius 3 is 2.85 bits per heavy atom. The van der Waals surface area contributed by atoms with E-state index in [0.717, 1.165) is 19.3 Å². The van der Waals surface area contributed by atoms with Gasteiger partial charge < -0.3 is 4.74 Å². The second kappa shape index (κ2) is 5.28. The number of halogens is 1. The summed E-state index contributed by atoms with van der Waals surface area (Å²) in [6.07, 6.45) is 5.94. The predicted molar refractivity (Wildman–Crippen MR) is 75.3 cm³/mol. The molecule has 1 heterocycles. The minimum absolute atomic E-state index is 0.0409. The summed E-state index contributed by atoms with van der Waals surface area (Å²) in [5, 5.41) is 0. The zero-order valence-corrected chi connectivity index (χ0v) is 12.0. The zero-order chi connectivity index (χ0) is 14.2. The van der Waals surface area contributed by atoms with Gasteiger partial charge in [0.1, 0.15) is 5.82 Å². The summed E-state index contributed by atoms with van der Waals surface area (Å²) in [6.45, 7) is 2.33. The lowest BCUT2D eigenvalue weighted by atomic mass is 9.80. The molecular weight excluding hydrogens is 255 g/mol. The van der Waals surface area contributed by atoms with Gasteiger partial charge in [0.15, 0.2) is 5.78 Å². The summed E-state index contributed by atoms with van der Waals surface area (Å²) in [4.78, 5) is 12.6. The van der Waals surface area contributed by atoms with Crippen molar-refractivity contribution in [3.63, 3.8) is 0 Å². The first-order valence-corrected chi connectivity index (χ1v) is 7.55. The third-order valence-corrected chi connectivity index (χ3v) is 4.84. The molecule has 0 N–H and O–H groups in total. The fraction of sp³-hybridized carbons (Fsp3) is 0.588. The van der Waals surface area contributed by atoms with E-state index in [0.29, 0.717) is 18.6 Å². The van der Waals surface area contributed by atoms with Crippen LogP contribution in [0.5, 0.6) is 0 Å². The molecule has 0 aromatic heterocycles. The van der Waals surface area contributed by atoms with Crippen LogP contribution in [0.2, 0.25) is 0 Å².